The van der Waals surface area contributed by atoms with Crippen LogP contribution in [0.25, 0.3) is 10.2 Å². The molecule has 2 aliphatic rings. The zero-order valence-electron chi connectivity index (χ0n) is 15.8. The molecular weight excluding hydrogens is 468 g/mol. The highest BCUT2D eigenvalue weighted by Gasteiger charge is 2.53. The molecule has 5 rings (SSSR count). The van der Waals surface area contributed by atoms with Gasteiger partial charge in [-0.05, 0) is 43.2 Å². The van der Waals surface area contributed by atoms with E-state index in [9.17, 15) is 14.4 Å². The van der Waals surface area contributed by atoms with E-state index in [0.717, 1.165) is 14.7 Å². The van der Waals surface area contributed by atoms with Crippen molar-refractivity contribution in [1.82, 2.24) is 15.2 Å². The highest BCUT2D eigenvalue weighted by Crippen LogP contribution is 2.33. The number of hydrogen-bond acceptors (Lipinski definition) is 5. The van der Waals surface area contributed by atoms with Gasteiger partial charge in [0, 0.05) is 17.6 Å². The van der Waals surface area contributed by atoms with Crippen LogP contribution in [-0.4, -0.2) is 46.4 Å². The Bertz CT molecular complexity index is 1170. The standard InChI is InChI=1S/C21H17BrN4O3S/c22-13-6-7-15-16(12-13)30-17(23-15)18(27)25-10-8-21(9-11-25)19(28)26(20(29)24-21)14-4-2-1-3-5-14/h1-7,12H,8-11H2,(H,24,29). The summed E-state index contributed by atoms with van der Waals surface area (Å²) in [5, 5.41) is 3.31. The summed E-state index contributed by atoms with van der Waals surface area (Å²) in [5.41, 5.74) is 0.384. The fourth-order valence-electron chi connectivity index (χ4n) is 3.99. The van der Waals surface area contributed by atoms with Gasteiger partial charge in [-0.25, -0.2) is 14.7 Å². The van der Waals surface area contributed by atoms with Gasteiger partial charge in [-0.3, -0.25) is 9.59 Å². The van der Waals surface area contributed by atoms with Crippen LogP contribution in [0.1, 0.15) is 22.6 Å². The van der Waals surface area contributed by atoms with Gasteiger partial charge >= 0.3 is 6.03 Å². The van der Waals surface area contributed by atoms with Gasteiger partial charge in [0.15, 0.2) is 5.01 Å². The second kappa shape index (κ2) is 7.17. The summed E-state index contributed by atoms with van der Waals surface area (Å²) in [6, 6.07) is 14.2. The number of piperidine rings is 1. The number of benzene rings is 2. The predicted octanol–water partition coefficient (Wildman–Crippen LogP) is 3.79. The lowest BCUT2D eigenvalue weighted by molar-refractivity contribution is -0.123. The third-order valence-electron chi connectivity index (χ3n) is 5.61. The molecule has 1 N–H and O–H groups in total. The van der Waals surface area contributed by atoms with Crippen LogP contribution in [0.15, 0.2) is 53.0 Å². The lowest BCUT2D eigenvalue weighted by Gasteiger charge is -2.36. The average molecular weight is 485 g/mol. The number of amides is 4. The smallest absolute Gasteiger partial charge is 0.329 e. The van der Waals surface area contributed by atoms with Crippen LogP contribution < -0.4 is 10.2 Å². The fourth-order valence-corrected chi connectivity index (χ4v) is 5.47. The number of halogens is 1. The number of carbonyl (C=O) groups excluding carboxylic acids is 3. The Labute approximate surface area is 184 Å². The van der Waals surface area contributed by atoms with Gasteiger partial charge in [0.25, 0.3) is 11.8 Å². The topological polar surface area (TPSA) is 82.6 Å². The second-order valence-corrected chi connectivity index (χ2v) is 9.36. The minimum absolute atomic E-state index is 0.140. The van der Waals surface area contributed by atoms with Gasteiger partial charge in [0.05, 0.1) is 15.9 Å². The monoisotopic (exact) mass is 484 g/mol. The number of aromatic nitrogens is 1. The number of likely N-dealkylation sites (tertiary alicyclic amines) is 1. The lowest BCUT2D eigenvalue weighted by Crippen LogP contribution is -2.55. The molecule has 2 aromatic carbocycles. The molecule has 0 atom stereocenters. The Morgan fingerprint density at radius 2 is 1.83 bits per heavy atom. The highest BCUT2D eigenvalue weighted by atomic mass is 79.9. The van der Waals surface area contributed by atoms with E-state index in [2.05, 4.69) is 26.2 Å². The Hall–Kier alpha value is -2.78. The molecule has 2 saturated heterocycles. The van der Waals surface area contributed by atoms with E-state index in [0.29, 0.717) is 36.6 Å². The molecule has 0 saturated carbocycles. The molecule has 0 radical (unpaired) electrons. The quantitative estimate of drug-likeness (QED) is 0.560. The number of thiazole rings is 1. The van der Waals surface area contributed by atoms with E-state index < -0.39 is 11.6 Å². The summed E-state index contributed by atoms with van der Waals surface area (Å²) < 4.78 is 1.88. The van der Waals surface area contributed by atoms with E-state index >= 15 is 0 Å². The van der Waals surface area contributed by atoms with Crippen molar-refractivity contribution in [1.29, 1.82) is 0 Å². The van der Waals surface area contributed by atoms with Gasteiger partial charge in [-0.2, -0.15) is 0 Å². The van der Waals surface area contributed by atoms with Crippen molar-refractivity contribution in [2.24, 2.45) is 0 Å². The fraction of sp³-hybridized carbons (Fsp3) is 0.238. The maximum Gasteiger partial charge on any atom is 0.329 e. The molecule has 1 spiro atoms. The van der Waals surface area contributed by atoms with Crippen LogP contribution in [0, 0.1) is 0 Å². The summed E-state index contributed by atoms with van der Waals surface area (Å²) in [6.07, 6.45) is 0.756. The zero-order chi connectivity index (χ0) is 20.9. The van der Waals surface area contributed by atoms with Crippen LogP contribution in [0.3, 0.4) is 0 Å². The van der Waals surface area contributed by atoms with Gasteiger partial charge in [-0.1, -0.05) is 34.1 Å². The first kappa shape index (κ1) is 19.2. The van der Waals surface area contributed by atoms with Gasteiger partial charge in [-0.15, -0.1) is 11.3 Å². The normalized spacial score (nSPS) is 18.3. The largest absolute Gasteiger partial charge is 0.336 e. The maximum atomic E-state index is 13.1. The molecule has 0 aliphatic carbocycles. The molecular formula is C21H17BrN4O3S. The minimum atomic E-state index is -0.956. The molecule has 2 aliphatic heterocycles. The molecule has 3 heterocycles. The summed E-state index contributed by atoms with van der Waals surface area (Å²) in [7, 11) is 0. The molecule has 4 amide bonds. The van der Waals surface area contributed by atoms with Gasteiger partial charge < -0.3 is 10.2 Å². The number of fused-ring (bicyclic) bond motifs is 1. The van der Waals surface area contributed by atoms with Crippen LogP contribution >= 0.6 is 27.3 Å². The van der Waals surface area contributed by atoms with E-state index in [-0.39, 0.29) is 11.8 Å². The number of nitrogens with zero attached hydrogens (tertiary/aromatic N) is 3. The van der Waals surface area contributed by atoms with Crippen molar-refractivity contribution in [3.8, 4) is 0 Å². The average Bonchev–Trinajstić information content (AvgIpc) is 3.27. The number of para-hydroxylation sites is 1. The number of rotatable bonds is 2. The number of carbonyl (C=O) groups is 3. The van der Waals surface area contributed by atoms with Crippen LogP contribution in [0.2, 0.25) is 0 Å². The predicted molar refractivity (Wildman–Crippen MR) is 118 cm³/mol. The number of imide groups is 1. The van der Waals surface area contributed by atoms with Crippen LogP contribution in [-0.2, 0) is 4.79 Å². The molecule has 3 aromatic rings. The number of nitrogens with one attached hydrogen (secondary N) is 1. The molecule has 9 heteroatoms. The first-order chi connectivity index (χ1) is 14.5. The van der Waals surface area contributed by atoms with Gasteiger partial charge in [0.2, 0.25) is 0 Å². The molecule has 2 fully saturated rings. The Morgan fingerprint density at radius 3 is 2.57 bits per heavy atom. The summed E-state index contributed by atoms with van der Waals surface area (Å²) in [6.45, 7) is 0.764. The Kier molecular flexibility index (Phi) is 4.59. The number of anilines is 1. The molecule has 7 nitrogen and oxygen atoms in total. The van der Waals surface area contributed by atoms with E-state index in [1.165, 1.54) is 16.2 Å². The Balaban J connectivity index is 1.32. The number of hydrogen-bond donors (Lipinski definition) is 1. The Morgan fingerprint density at radius 1 is 1.10 bits per heavy atom. The first-order valence-corrected chi connectivity index (χ1v) is 11.1. The first-order valence-electron chi connectivity index (χ1n) is 9.54. The SMILES string of the molecule is O=C(c1nc2ccc(Br)cc2s1)N1CCC2(CC1)NC(=O)N(c1ccccc1)C2=O. The third kappa shape index (κ3) is 3.09. The van der Waals surface area contributed by atoms with E-state index in [1.54, 1.807) is 29.2 Å². The van der Waals surface area contributed by atoms with Crippen molar-refractivity contribution < 1.29 is 14.4 Å². The van der Waals surface area contributed by atoms with Gasteiger partial charge in [0.1, 0.15) is 5.54 Å². The second-order valence-electron chi connectivity index (χ2n) is 7.41. The van der Waals surface area contributed by atoms with E-state index in [1.807, 2.05) is 24.3 Å². The molecule has 152 valence electrons. The third-order valence-corrected chi connectivity index (χ3v) is 7.11. The van der Waals surface area contributed by atoms with Crippen molar-refractivity contribution in [2.75, 3.05) is 18.0 Å². The van der Waals surface area contributed by atoms with Crippen LogP contribution in [0.4, 0.5) is 10.5 Å². The van der Waals surface area contributed by atoms with Crippen LogP contribution in [0.5, 0.6) is 0 Å². The zero-order valence-corrected chi connectivity index (χ0v) is 18.2. The van der Waals surface area contributed by atoms with E-state index in [4.69, 9.17) is 0 Å². The van der Waals surface area contributed by atoms with Crippen molar-refractivity contribution in [3.63, 3.8) is 0 Å². The lowest BCUT2D eigenvalue weighted by atomic mass is 9.87. The summed E-state index contributed by atoms with van der Waals surface area (Å²) in [4.78, 5) is 46.0. The summed E-state index contributed by atoms with van der Waals surface area (Å²) >= 11 is 4.79. The van der Waals surface area contributed by atoms with Crippen molar-refractivity contribution >= 4 is 61.0 Å². The summed E-state index contributed by atoms with van der Waals surface area (Å²) in [5.74, 6) is -0.394. The number of urea groups is 1. The molecule has 0 unspecified atom stereocenters. The minimum Gasteiger partial charge on any atom is -0.336 e. The molecule has 0 bridgehead atoms. The maximum absolute atomic E-state index is 13.1. The highest BCUT2D eigenvalue weighted by molar-refractivity contribution is 9.10. The van der Waals surface area contributed by atoms with Crippen molar-refractivity contribution in [3.05, 3.63) is 58.0 Å². The van der Waals surface area contributed by atoms with Crippen molar-refractivity contribution in [2.45, 2.75) is 18.4 Å². The molecule has 1 aromatic heterocycles. The molecule has 30 heavy (non-hydrogen) atoms.